The lowest BCUT2D eigenvalue weighted by atomic mass is 10.1. The summed E-state index contributed by atoms with van der Waals surface area (Å²) in [6, 6.07) is 7.97. The second-order valence-electron chi connectivity index (χ2n) is 4.11. The summed E-state index contributed by atoms with van der Waals surface area (Å²) in [6.07, 6.45) is 0.905. The highest BCUT2D eigenvalue weighted by Gasteiger charge is 2.06. The lowest BCUT2D eigenvalue weighted by molar-refractivity contribution is -0.121. The number of nitrogens with one attached hydrogen (secondary N) is 1. The molecule has 1 aromatic rings. The van der Waals surface area contributed by atoms with Crippen LogP contribution in [0.1, 0.15) is 12.5 Å². The van der Waals surface area contributed by atoms with E-state index < -0.39 is 0 Å². The van der Waals surface area contributed by atoms with Crippen LogP contribution in [-0.4, -0.2) is 26.1 Å². The standard InChI is InChI=1S/C13H20N2O2/c1-10(13(14)16)9-15-7-6-11-4-3-5-12(8-11)17-2/h3-5,8,10,15H,6-7,9H2,1-2H3,(H2,14,16). The Morgan fingerprint density at radius 3 is 2.94 bits per heavy atom. The van der Waals surface area contributed by atoms with Gasteiger partial charge < -0.3 is 15.8 Å². The van der Waals surface area contributed by atoms with Gasteiger partial charge in [-0.15, -0.1) is 0 Å². The molecule has 0 aliphatic rings. The Bertz CT molecular complexity index is 366. The Balaban J connectivity index is 2.28. The number of amides is 1. The number of ether oxygens (including phenoxy) is 1. The van der Waals surface area contributed by atoms with E-state index in [0.29, 0.717) is 6.54 Å². The van der Waals surface area contributed by atoms with Crippen LogP contribution in [0.15, 0.2) is 24.3 Å². The fourth-order valence-corrected chi connectivity index (χ4v) is 1.48. The van der Waals surface area contributed by atoms with E-state index in [2.05, 4.69) is 11.4 Å². The number of methoxy groups -OCH3 is 1. The van der Waals surface area contributed by atoms with Gasteiger partial charge in [0.2, 0.25) is 5.91 Å². The molecule has 94 valence electrons. The van der Waals surface area contributed by atoms with Gasteiger partial charge in [0.15, 0.2) is 0 Å². The lowest BCUT2D eigenvalue weighted by Crippen LogP contribution is -2.31. The number of hydrogen-bond acceptors (Lipinski definition) is 3. The zero-order valence-electron chi connectivity index (χ0n) is 10.4. The third kappa shape index (κ3) is 4.87. The molecule has 0 fully saturated rings. The average Bonchev–Trinajstić information content (AvgIpc) is 2.34. The van der Waals surface area contributed by atoms with E-state index in [1.54, 1.807) is 7.11 Å². The van der Waals surface area contributed by atoms with Crippen molar-refractivity contribution in [3.63, 3.8) is 0 Å². The number of rotatable bonds is 7. The van der Waals surface area contributed by atoms with E-state index in [1.807, 2.05) is 25.1 Å². The van der Waals surface area contributed by atoms with Crippen LogP contribution in [0.4, 0.5) is 0 Å². The molecule has 3 N–H and O–H groups in total. The van der Waals surface area contributed by atoms with E-state index in [-0.39, 0.29) is 11.8 Å². The second kappa shape index (κ2) is 6.91. The Morgan fingerprint density at radius 1 is 1.53 bits per heavy atom. The molecule has 1 rings (SSSR count). The minimum absolute atomic E-state index is 0.125. The molecule has 0 aromatic heterocycles. The summed E-state index contributed by atoms with van der Waals surface area (Å²) in [7, 11) is 1.66. The summed E-state index contributed by atoms with van der Waals surface area (Å²) in [6.45, 7) is 3.27. The maximum Gasteiger partial charge on any atom is 0.221 e. The van der Waals surface area contributed by atoms with Gasteiger partial charge in [0.1, 0.15) is 5.75 Å². The van der Waals surface area contributed by atoms with Crippen LogP contribution < -0.4 is 15.8 Å². The Morgan fingerprint density at radius 2 is 2.29 bits per heavy atom. The SMILES string of the molecule is COc1cccc(CCNCC(C)C(N)=O)c1. The number of nitrogens with two attached hydrogens (primary N) is 1. The van der Waals surface area contributed by atoms with Crippen LogP contribution in [-0.2, 0) is 11.2 Å². The third-order valence-corrected chi connectivity index (χ3v) is 2.66. The third-order valence-electron chi connectivity index (χ3n) is 2.66. The molecule has 1 atom stereocenters. The van der Waals surface area contributed by atoms with Gasteiger partial charge in [0.05, 0.1) is 7.11 Å². The van der Waals surface area contributed by atoms with Crippen LogP contribution in [0.5, 0.6) is 5.75 Å². The molecule has 0 aliphatic carbocycles. The van der Waals surface area contributed by atoms with Crippen molar-refractivity contribution >= 4 is 5.91 Å². The summed E-state index contributed by atoms with van der Waals surface area (Å²) in [5.74, 6) is 0.479. The van der Waals surface area contributed by atoms with Gasteiger partial charge in [0, 0.05) is 12.5 Å². The number of carbonyl (C=O) groups excluding carboxylic acids is 1. The van der Waals surface area contributed by atoms with Crippen molar-refractivity contribution in [1.29, 1.82) is 0 Å². The number of benzene rings is 1. The monoisotopic (exact) mass is 236 g/mol. The molecule has 0 bridgehead atoms. The first-order chi connectivity index (χ1) is 8.13. The fraction of sp³-hybridized carbons (Fsp3) is 0.462. The first-order valence-corrected chi connectivity index (χ1v) is 5.76. The molecule has 1 amide bonds. The smallest absolute Gasteiger partial charge is 0.221 e. The van der Waals surface area contributed by atoms with Crippen LogP contribution in [0, 0.1) is 5.92 Å². The zero-order valence-corrected chi connectivity index (χ0v) is 10.4. The first kappa shape index (κ1) is 13.5. The van der Waals surface area contributed by atoms with E-state index in [4.69, 9.17) is 10.5 Å². The van der Waals surface area contributed by atoms with Gasteiger partial charge in [0.25, 0.3) is 0 Å². The average molecular weight is 236 g/mol. The maximum absolute atomic E-state index is 10.8. The summed E-state index contributed by atoms with van der Waals surface area (Å²) >= 11 is 0. The predicted octanol–water partition coefficient (Wildman–Crippen LogP) is 0.949. The molecule has 1 aromatic carbocycles. The normalized spacial score (nSPS) is 12.1. The summed E-state index contributed by atoms with van der Waals surface area (Å²) in [5.41, 5.74) is 6.38. The van der Waals surface area contributed by atoms with Gasteiger partial charge >= 0.3 is 0 Å². The molecule has 0 heterocycles. The highest BCUT2D eigenvalue weighted by atomic mass is 16.5. The zero-order chi connectivity index (χ0) is 12.7. The van der Waals surface area contributed by atoms with E-state index in [9.17, 15) is 4.79 Å². The Hall–Kier alpha value is -1.55. The highest BCUT2D eigenvalue weighted by Crippen LogP contribution is 2.12. The van der Waals surface area contributed by atoms with Gasteiger partial charge in [-0.2, -0.15) is 0 Å². The van der Waals surface area contributed by atoms with Crippen LogP contribution in [0.3, 0.4) is 0 Å². The minimum atomic E-state index is -0.265. The molecule has 0 spiro atoms. The summed E-state index contributed by atoms with van der Waals surface area (Å²) in [4.78, 5) is 10.8. The fourth-order valence-electron chi connectivity index (χ4n) is 1.48. The summed E-state index contributed by atoms with van der Waals surface area (Å²) in [5, 5.41) is 3.21. The number of primary amides is 1. The van der Waals surface area contributed by atoms with Crippen molar-refractivity contribution in [2.24, 2.45) is 11.7 Å². The molecule has 4 nitrogen and oxygen atoms in total. The van der Waals surface area contributed by atoms with Crippen LogP contribution >= 0.6 is 0 Å². The summed E-state index contributed by atoms with van der Waals surface area (Å²) < 4.78 is 5.15. The van der Waals surface area contributed by atoms with Crippen LogP contribution in [0.2, 0.25) is 0 Å². The Labute approximate surface area is 102 Å². The van der Waals surface area contributed by atoms with Crippen molar-refractivity contribution in [1.82, 2.24) is 5.32 Å². The number of carbonyl (C=O) groups is 1. The van der Waals surface area contributed by atoms with E-state index >= 15 is 0 Å². The molecule has 0 aliphatic heterocycles. The lowest BCUT2D eigenvalue weighted by Gasteiger charge is -2.09. The molecular weight excluding hydrogens is 216 g/mol. The van der Waals surface area contributed by atoms with Gasteiger partial charge in [-0.25, -0.2) is 0 Å². The number of hydrogen-bond donors (Lipinski definition) is 2. The van der Waals surface area contributed by atoms with Crippen molar-refractivity contribution in [3.05, 3.63) is 29.8 Å². The molecule has 0 radical (unpaired) electrons. The van der Waals surface area contributed by atoms with Crippen LogP contribution in [0.25, 0.3) is 0 Å². The molecule has 1 unspecified atom stereocenters. The molecule has 0 saturated heterocycles. The molecular formula is C13H20N2O2. The minimum Gasteiger partial charge on any atom is -0.497 e. The largest absolute Gasteiger partial charge is 0.497 e. The van der Waals surface area contributed by atoms with Crippen molar-refractivity contribution in [2.45, 2.75) is 13.3 Å². The van der Waals surface area contributed by atoms with Gasteiger partial charge in [-0.05, 0) is 30.7 Å². The van der Waals surface area contributed by atoms with Gasteiger partial charge in [-0.1, -0.05) is 19.1 Å². The maximum atomic E-state index is 10.8. The van der Waals surface area contributed by atoms with Crippen molar-refractivity contribution < 1.29 is 9.53 Å². The van der Waals surface area contributed by atoms with Crippen molar-refractivity contribution in [2.75, 3.05) is 20.2 Å². The Kier molecular flexibility index (Phi) is 5.49. The molecule has 0 saturated carbocycles. The van der Waals surface area contributed by atoms with E-state index in [0.717, 1.165) is 18.7 Å². The molecule has 17 heavy (non-hydrogen) atoms. The second-order valence-corrected chi connectivity index (χ2v) is 4.11. The highest BCUT2D eigenvalue weighted by molar-refractivity contribution is 5.76. The first-order valence-electron chi connectivity index (χ1n) is 5.76. The molecule has 4 heteroatoms. The quantitative estimate of drug-likeness (QED) is 0.693. The van der Waals surface area contributed by atoms with Gasteiger partial charge in [-0.3, -0.25) is 4.79 Å². The van der Waals surface area contributed by atoms with Crippen molar-refractivity contribution in [3.8, 4) is 5.75 Å². The topological polar surface area (TPSA) is 64.3 Å². The predicted molar refractivity (Wildman–Crippen MR) is 67.9 cm³/mol. The van der Waals surface area contributed by atoms with E-state index in [1.165, 1.54) is 5.56 Å².